The maximum atomic E-state index is 13.1. The van der Waals surface area contributed by atoms with Crippen LogP contribution < -0.4 is 11.2 Å². The standard InChI is InChI=1S/C18H27N3O4S/c1-18(2)10-12-13(11-25-18)26-16-14(12)15(23)20(6-5-9-22)17(24)21(16)8-7-19(3)4/h22H,5-11H2,1-4H3. The Labute approximate surface area is 156 Å². The first-order valence-corrected chi connectivity index (χ1v) is 9.74. The lowest BCUT2D eigenvalue weighted by molar-refractivity contribution is -0.0379. The first-order valence-electron chi connectivity index (χ1n) is 8.92. The van der Waals surface area contributed by atoms with Gasteiger partial charge in [-0.2, -0.15) is 0 Å². The smallest absolute Gasteiger partial charge is 0.332 e. The van der Waals surface area contributed by atoms with E-state index in [0.717, 1.165) is 15.3 Å². The zero-order chi connectivity index (χ0) is 19.1. The maximum Gasteiger partial charge on any atom is 0.332 e. The molecule has 1 aliphatic rings. The SMILES string of the molecule is CN(C)CCn1c(=O)n(CCCO)c(=O)c2c3c(sc21)COC(C)(C)C3. The fourth-order valence-electron chi connectivity index (χ4n) is 3.33. The highest BCUT2D eigenvalue weighted by Gasteiger charge is 2.31. The number of aliphatic hydroxyl groups is 1. The third-order valence-corrected chi connectivity index (χ3v) is 5.97. The zero-order valence-corrected chi connectivity index (χ0v) is 16.7. The third kappa shape index (κ3) is 3.51. The van der Waals surface area contributed by atoms with E-state index in [-0.39, 0.29) is 30.0 Å². The molecule has 2 aromatic heterocycles. The predicted octanol–water partition coefficient (Wildman–Crippen LogP) is 1.02. The van der Waals surface area contributed by atoms with Gasteiger partial charge in [0.2, 0.25) is 0 Å². The van der Waals surface area contributed by atoms with Crippen molar-refractivity contribution in [3.8, 4) is 0 Å². The van der Waals surface area contributed by atoms with E-state index in [9.17, 15) is 9.59 Å². The second-order valence-electron chi connectivity index (χ2n) is 7.68. The predicted molar refractivity (Wildman–Crippen MR) is 103 cm³/mol. The summed E-state index contributed by atoms with van der Waals surface area (Å²) in [6, 6.07) is 0. The molecule has 3 heterocycles. The number of fused-ring (bicyclic) bond motifs is 3. The molecule has 26 heavy (non-hydrogen) atoms. The van der Waals surface area contributed by atoms with E-state index in [1.807, 2.05) is 32.8 Å². The lowest BCUT2D eigenvalue weighted by Gasteiger charge is -2.29. The van der Waals surface area contributed by atoms with Crippen LogP contribution in [0.2, 0.25) is 0 Å². The Morgan fingerprint density at radius 2 is 1.96 bits per heavy atom. The summed E-state index contributed by atoms with van der Waals surface area (Å²) in [5.74, 6) is 0. The van der Waals surface area contributed by atoms with E-state index in [1.165, 1.54) is 15.9 Å². The van der Waals surface area contributed by atoms with Gasteiger partial charge in [0.25, 0.3) is 5.56 Å². The van der Waals surface area contributed by atoms with Crippen LogP contribution in [0.15, 0.2) is 9.59 Å². The number of thiophene rings is 1. The molecule has 8 heteroatoms. The minimum absolute atomic E-state index is 0.0514. The quantitative estimate of drug-likeness (QED) is 0.809. The zero-order valence-electron chi connectivity index (χ0n) is 15.9. The number of nitrogens with zero attached hydrogens (tertiary/aromatic N) is 3. The van der Waals surface area contributed by atoms with Gasteiger partial charge in [0.05, 0.1) is 17.6 Å². The summed E-state index contributed by atoms with van der Waals surface area (Å²) in [6.45, 7) is 5.92. The van der Waals surface area contributed by atoms with Crippen molar-refractivity contribution in [1.82, 2.24) is 14.0 Å². The number of aromatic nitrogens is 2. The van der Waals surface area contributed by atoms with E-state index in [0.29, 0.717) is 37.9 Å². The number of aliphatic hydroxyl groups excluding tert-OH is 1. The van der Waals surface area contributed by atoms with Gasteiger partial charge in [-0.1, -0.05) is 0 Å². The Kier molecular flexibility index (Phi) is 5.39. The summed E-state index contributed by atoms with van der Waals surface area (Å²) in [6.07, 6.45) is 1.04. The van der Waals surface area contributed by atoms with Crippen LogP contribution in [0.4, 0.5) is 0 Å². The third-order valence-electron chi connectivity index (χ3n) is 4.75. The molecule has 0 atom stereocenters. The fraction of sp³-hybridized carbons (Fsp3) is 0.667. The van der Waals surface area contributed by atoms with Crippen molar-refractivity contribution in [3.05, 3.63) is 31.3 Å². The Bertz CT molecular complexity index is 923. The first kappa shape index (κ1) is 19.3. The van der Waals surface area contributed by atoms with Crippen molar-refractivity contribution in [3.63, 3.8) is 0 Å². The largest absolute Gasteiger partial charge is 0.396 e. The summed E-state index contributed by atoms with van der Waals surface area (Å²) in [5, 5.41) is 9.79. The van der Waals surface area contributed by atoms with E-state index in [4.69, 9.17) is 9.84 Å². The normalized spacial score (nSPS) is 16.4. The van der Waals surface area contributed by atoms with Crippen molar-refractivity contribution in [2.75, 3.05) is 27.2 Å². The Balaban J connectivity index is 2.25. The molecule has 3 rings (SSSR count). The van der Waals surface area contributed by atoms with Crippen LogP contribution in [0.1, 0.15) is 30.7 Å². The summed E-state index contributed by atoms with van der Waals surface area (Å²) in [7, 11) is 3.92. The number of ether oxygens (including phenoxy) is 1. The van der Waals surface area contributed by atoms with Crippen molar-refractivity contribution < 1.29 is 9.84 Å². The van der Waals surface area contributed by atoms with Crippen LogP contribution in [0, 0.1) is 0 Å². The van der Waals surface area contributed by atoms with Crippen molar-refractivity contribution in [1.29, 1.82) is 0 Å². The highest BCUT2D eigenvalue weighted by molar-refractivity contribution is 7.18. The Morgan fingerprint density at radius 1 is 1.23 bits per heavy atom. The molecule has 0 radical (unpaired) electrons. The number of likely N-dealkylation sites (N-methyl/N-ethyl adjacent to an activating group) is 1. The monoisotopic (exact) mass is 381 g/mol. The molecule has 0 aromatic carbocycles. The van der Waals surface area contributed by atoms with E-state index in [1.54, 1.807) is 4.57 Å². The number of hydrogen-bond donors (Lipinski definition) is 1. The molecule has 0 amide bonds. The van der Waals surface area contributed by atoms with Gasteiger partial charge in [-0.25, -0.2) is 4.79 Å². The average Bonchev–Trinajstić information content (AvgIpc) is 2.91. The van der Waals surface area contributed by atoms with Gasteiger partial charge >= 0.3 is 5.69 Å². The molecule has 0 saturated carbocycles. The molecular formula is C18H27N3O4S. The molecule has 2 aromatic rings. The lowest BCUT2D eigenvalue weighted by atomic mass is 9.94. The maximum absolute atomic E-state index is 13.1. The van der Waals surface area contributed by atoms with Crippen LogP contribution in [0.5, 0.6) is 0 Å². The van der Waals surface area contributed by atoms with Crippen LogP contribution in [0.3, 0.4) is 0 Å². The highest BCUT2D eigenvalue weighted by atomic mass is 32.1. The van der Waals surface area contributed by atoms with Crippen molar-refractivity contribution in [2.24, 2.45) is 0 Å². The second-order valence-corrected chi connectivity index (χ2v) is 8.76. The average molecular weight is 381 g/mol. The van der Waals surface area contributed by atoms with Crippen LogP contribution >= 0.6 is 11.3 Å². The molecule has 0 aliphatic carbocycles. The fourth-order valence-corrected chi connectivity index (χ4v) is 4.57. The molecule has 7 nitrogen and oxygen atoms in total. The lowest BCUT2D eigenvalue weighted by Crippen LogP contribution is -2.41. The van der Waals surface area contributed by atoms with Gasteiger partial charge in [-0.15, -0.1) is 11.3 Å². The Morgan fingerprint density at radius 3 is 2.62 bits per heavy atom. The topological polar surface area (TPSA) is 76.7 Å². The van der Waals surface area contributed by atoms with Gasteiger partial charge < -0.3 is 14.7 Å². The minimum Gasteiger partial charge on any atom is -0.396 e. The van der Waals surface area contributed by atoms with Gasteiger partial charge in [-0.05, 0) is 39.9 Å². The first-order chi connectivity index (χ1) is 12.2. The molecule has 1 N–H and O–H groups in total. The summed E-state index contributed by atoms with van der Waals surface area (Å²) >= 11 is 1.50. The van der Waals surface area contributed by atoms with Crippen LogP contribution in [-0.4, -0.2) is 52.0 Å². The molecule has 0 unspecified atom stereocenters. The van der Waals surface area contributed by atoms with Crippen LogP contribution in [-0.2, 0) is 30.9 Å². The van der Waals surface area contributed by atoms with Gasteiger partial charge in [0.1, 0.15) is 4.83 Å². The van der Waals surface area contributed by atoms with Gasteiger partial charge in [0.15, 0.2) is 0 Å². The van der Waals surface area contributed by atoms with Gasteiger partial charge in [-0.3, -0.25) is 13.9 Å². The molecule has 0 bridgehead atoms. The van der Waals surface area contributed by atoms with Crippen molar-refractivity contribution in [2.45, 2.75) is 52.0 Å². The number of rotatable bonds is 6. The van der Waals surface area contributed by atoms with E-state index in [2.05, 4.69) is 0 Å². The molecule has 144 valence electrons. The molecule has 0 fully saturated rings. The van der Waals surface area contributed by atoms with Crippen molar-refractivity contribution >= 4 is 21.6 Å². The summed E-state index contributed by atoms with van der Waals surface area (Å²) in [5.41, 5.74) is 0.155. The van der Waals surface area contributed by atoms with Crippen LogP contribution in [0.25, 0.3) is 10.2 Å². The minimum atomic E-state index is -0.325. The second kappa shape index (κ2) is 7.26. The Hall–Kier alpha value is -1.48. The van der Waals surface area contributed by atoms with Gasteiger partial charge in [0, 0.05) is 37.5 Å². The molecular weight excluding hydrogens is 354 g/mol. The summed E-state index contributed by atoms with van der Waals surface area (Å²) < 4.78 is 8.89. The van der Waals surface area contributed by atoms with E-state index >= 15 is 0 Å². The highest BCUT2D eigenvalue weighted by Crippen LogP contribution is 2.37. The molecule has 1 aliphatic heterocycles. The summed E-state index contributed by atoms with van der Waals surface area (Å²) in [4.78, 5) is 29.9. The molecule has 0 spiro atoms. The number of hydrogen-bond acceptors (Lipinski definition) is 6. The molecule has 0 saturated heterocycles. The van der Waals surface area contributed by atoms with E-state index < -0.39 is 0 Å².